The number of carbonyl (C=O) groups is 1. The van der Waals surface area contributed by atoms with Crippen molar-refractivity contribution in [2.75, 3.05) is 0 Å². The minimum absolute atomic E-state index is 0.282. The Morgan fingerprint density at radius 2 is 1.95 bits per heavy atom. The number of esters is 1. The molecule has 0 spiro atoms. The van der Waals surface area contributed by atoms with E-state index in [4.69, 9.17) is 4.74 Å². The average Bonchev–Trinajstić information content (AvgIpc) is 2.37. The van der Waals surface area contributed by atoms with E-state index in [1.54, 1.807) is 6.08 Å². The normalized spacial score (nSPS) is 11.1. The Labute approximate surface area is 129 Å². The summed E-state index contributed by atoms with van der Waals surface area (Å²) in [5, 5.41) is 0. The molecule has 3 heteroatoms. The minimum atomic E-state index is -0.282. The van der Waals surface area contributed by atoms with E-state index in [-0.39, 0.29) is 12.6 Å². The number of hydrogen-bond donors (Lipinski definition) is 0. The van der Waals surface area contributed by atoms with E-state index in [1.807, 2.05) is 31.2 Å². The maximum atomic E-state index is 11.7. The van der Waals surface area contributed by atoms with Crippen LogP contribution in [0.2, 0.25) is 0 Å². The Morgan fingerprint density at radius 3 is 2.60 bits per heavy atom. The topological polar surface area (TPSA) is 26.3 Å². The number of benzene rings is 1. The molecule has 1 aromatic rings. The summed E-state index contributed by atoms with van der Waals surface area (Å²) in [7, 11) is 0. The molecular formula is C17H21BrO2. The fourth-order valence-electron chi connectivity index (χ4n) is 1.67. The maximum absolute atomic E-state index is 11.7. The molecule has 0 aliphatic heterocycles. The number of ether oxygens (including phenoxy) is 1. The maximum Gasteiger partial charge on any atom is 0.331 e. The van der Waals surface area contributed by atoms with E-state index >= 15 is 0 Å². The van der Waals surface area contributed by atoms with Gasteiger partial charge in [0.2, 0.25) is 0 Å². The summed E-state index contributed by atoms with van der Waals surface area (Å²) in [6, 6.07) is 7.73. The predicted octanol–water partition coefficient (Wildman–Crippen LogP) is 5.19. The molecule has 0 saturated carbocycles. The molecule has 0 atom stereocenters. The first kappa shape index (κ1) is 16.7. The van der Waals surface area contributed by atoms with Crippen LogP contribution in [0.1, 0.15) is 39.2 Å². The zero-order valence-electron chi connectivity index (χ0n) is 12.3. The molecule has 2 nitrogen and oxygen atoms in total. The molecule has 0 aliphatic rings. The van der Waals surface area contributed by atoms with Crippen molar-refractivity contribution in [3.63, 3.8) is 0 Å². The molecule has 0 bridgehead atoms. The molecule has 0 amide bonds. The van der Waals surface area contributed by atoms with E-state index in [9.17, 15) is 4.79 Å². The zero-order valence-corrected chi connectivity index (χ0v) is 13.9. The van der Waals surface area contributed by atoms with Gasteiger partial charge >= 0.3 is 5.97 Å². The molecule has 0 saturated heterocycles. The van der Waals surface area contributed by atoms with Gasteiger partial charge in [-0.3, -0.25) is 0 Å². The quantitative estimate of drug-likeness (QED) is 0.406. The standard InChI is InChI=1S/C17H21BrO2/c1-13(2)7-6-8-14(3)11-17(19)20-12-15-9-4-5-10-16(15)18/h4-5,7,9-11H,6,8,12H2,1-3H3/b14-11+. The fourth-order valence-corrected chi connectivity index (χ4v) is 2.07. The summed E-state index contributed by atoms with van der Waals surface area (Å²) in [5.74, 6) is -0.282. The molecule has 0 heterocycles. The van der Waals surface area contributed by atoms with Crippen LogP contribution in [0.4, 0.5) is 0 Å². The second kappa shape index (κ2) is 8.75. The molecule has 0 fully saturated rings. The predicted molar refractivity (Wildman–Crippen MR) is 86.4 cm³/mol. The highest BCUT2D eigenvalue weighted by Crippen LogP contribution is 2.17. The SMILES string of the molecule is CC(C)=CCC/C(C)=C/C(=O)OCc1ccccc1Br. The van der Waals surface area contributed by atoms with Crippen LogP contribution in [0.3, 0.4) is 0 Å². The Balaban J connectivity index is 2.43. The van der Waals surface area contributed by atoms with Crippen LogP contribution >= 0.6 is 15.9 Å². The van der Waals surface area contributed by atoms with Gasteiger partial charge in [0.15, 0.2) is 0 Å². The minimum Gasteiger partial charge on any atom is -0.458 e. The van der Waals surface area contributed by atoms with Gasteiger partial charge in [-0.1, -0.05) is 51.4 Å². The zero-order chi connectivity index (χ0) is 15.0. The third-order valence-corrected chi connectivity index (χ3v) is 3.56. The van der Waals surface area contributed by atoms with Gasteiger partial charge < -0.3 is 4.74 Å². The van der Waals surface area contributed by atoms with Crippen LogP contribution in [-0.2, 0) is 16.1 Å². The number of rotatable bonds is 6. The van der Waals surface area contributed by atoms with Crippen LogP contribution in [0.15, 0.2) is 52.0 Å². The van der Waals surface area contributed by atoms with Gasteiger partial charge in [-0.2, -0.15) is 0 Å². The molecule has 0 unspecified atom stereocenters. The van der Waals surface area contributed by atoms with Crippen molar-refractivity contribution in [3.05, 3.63) is 57.6 Å². The van der Waals surface area contributed by atoms with Crippen molar-refractivity contribution in [3.8, 4) is 0 Å². The summed E-state index contributed by atoms with van der Waals surface area (Å²) in [4.78, 5) is 11.7. The van der Waals surface area contributed by atoms with Crippen LogP contribution in [0.5, 0.6) is 0 Å². The van der Waals surface area contributed by atoms with Gasteiger partial charge in [-0.15, -0.1) is 0 Å². The number of halogens is 1. The first-order valence-corrected chi connectivity index (χ1v) is 7.49. The fraction of sp³-hybridized carbons (Fsp3) is 0.353. The molecule has 0 radical (unpaired) electrons. The van der Waals surface area contributed by atoms with E-state index in [2.05, 4.69) is 35.9 Å². The highest BCUT2D eigenvalue weighted by atomic mass is 79.9. The lowest BCUT2D eigenvalue weighted by atomic mass is 10.1. The molecule has 1 rings (SSSR count). The van der Waals surface area contributed by atoms with Crippen LogP contribution in [0.25, 0.3) is 0 Å². The molecule has 1 aromatic carbocycles. The van der Waals surface area contributed by atoms with Crippen LogP contribution < -0.4 is 0 Å². The summed E-state index contributed by atoms with van der Waals surface area (Å²) < 4.78 is 6.20. The van der Waals surface area contributed by atoms with E-state index in [0.717, 1.165) is 28.5 Å². The van der Waals surface area contributed by atoms with Gasteiger partial charge in [0.25, 0.3) is 0 Å². The summed E-state index contributed by atoms with van der Waals surface area (Å²) in [6.07, 6.45) is 5.59. The van der Waals surface area contributed by atoms with Gasteiger partial charge in [-0.05, 0) is 39.7 Å². The molecule has 0 N–H and O–H groups in total. The van der Waals surface area contributed by atoms with Gasteiger partial charge in [0.05, 0.1) is 0 Å². The Hall–Kier alpha value is -1.35. The third-order valence-electron chi connectivity index (χ3n) is 2.78. The molecule has 0 aliphatic carbocycles. The lowest BCUT2D eigenvalue weighted by Crippen LogP contribution is -2.02. The van der Waals surface area contributed by atoms with E-state index in [1.165, 1.54) is 5.57 Å². The van der Waals surface area contributed by atoms with E-state index in [0.29, 0.717) is 0 Å². The Kier molecular flexibility index (Phi) is 7.31. The largest absolute Gasteiger partial charge is 0.458 e. The molecular weight excluding hydrogens is 316 g/mol. The van der Waals surface area contributed by atoms with Crippen LogP contribution in [0, 0.1) is 0 Å². The smallest absolute Gasteiger partial charge is 0.331 e. The first-order valence-electron chi connectivity index (χ1n) is 6.69. The summed E-state index contributed by atoms with van der Waals surface area (Å²) in [5.41, 5.74) is 3.31. The van der Waals surface area contributed by atoms with Crippen molar-refractivity contribution in [1.29, 1.82) is 0 Å². The lowest BCUT2D eigenvalue weighted by molar-refractivity contribution is -0.139. The third kappa shape index (κ3) is 6.71. The summed E-state index contributed by atoms with van der Waals surface area (Å²) >= 11 is 3.43. The Morgan fingerprint density at radius 1 is 1.25 bits per heavy atom. The van der Waals surface area contributed by atoms with Crippen molar-refractivity contribution in [1.82, 2.24) is 0 Å². The number of allylic oxidation sites excluding steroid dienone is 3. The lowest BCUT2D eigenvalue weighted by Gasteiger charge is -2.05. The van der Waals surface area contributed by atoms with Gasteiger partial charge in [0.1, 0.15) is 6.61 Å². The highest BCUT2D eigenvalue weighted by molar-refractivity contribution is 9.10. The van der Waals surface area contributed by atoms with Crippen LogP contribution in [-0.4, -0.2) is 5.97 Å². The first-order chi connectivity index (χ1) is 9.49. The van der Waals surface area contributed by atoms with Crippen molar-refractivity contribution >= 4 is 21.9 Å². The second-order valence-electron chi connectivity index (χ2n) is 5.01. The van der Waals surface area contributed by atoms with Crippen molar-refractivity contribution in [2.45, 2.75) is 40.2 Å². The summed E-state index contributed by atoms with van der Waals surface area (Å²) in [6.45, 7) is 6.40. The Bertz CT molecular complexity index is 511. The molecule has 0 aromatic heterocycles. The second-order valence-corrected chi connectivity index (χ2v) is 5.86. The van der Waals surface area contributed by atoms with Gasteiger partial charge in [-0.25, -0.2) is 4.79 Å². The monoisotopic (exact) mass is 336 g/mol. The van der Waals surface area contributed by atoms with E-state index < -0.39 is 0 Å². The number of hydrogen-bond acceptors (Lipinski definition) is 2. The number of carbonyl (C=O) groups excluding carboxylic acids is 1. The highest BCUT2D eigenvalue weighted by Gasteiger charge is 2.03. The molecule has 20 heavy (non-hydrogen) atoms. The van der Waals surface area contributed by atoms with Gasteiger partial charge in [0, 0.05) is 16.1 Å². The van der Waals surface area contributed by atoms with Crippen molar-refractivity contribution in [2.24, 2.45) is 0 Å². The average molecular weight is 337 g/mol. The molecule has 108 valence electrons. The van der Waals surface area contributed by atoms with Crippen molar-refractivity contribution < 1.29 is 9.53 Å².